The van der Waals surface area contributed by atoms with Crippen LogP contribution in [0, 0.1) is 5.92 Å². The third-order valence-corrected chi connectivity index (χ3v) is 4.58. The number of hydrogen-bond donors (Lipinski definition) is 3. The first kappa shape index (κ1) is 24.9. The van der Waals surface area contributed by atoms with Gasteiger partial charge in [-0.15, -0.1) is 0 Å². The zero-order valence-electron chi connectivity index (χ0n) is 19.0. The number of thiocarbonyl (C=S) groups is 1. The largest absolute Gasteiger partial charge is 0.493 e. The minimum Gasteiger partial charge on any atom is -0.493 e. The molecule has 0 aliphatic rings. The van der Waals surface area contributed by atoms with Crippen LogP contribution in [0.1, 0.15) is 25.8 Å². The van der Waals surface area contributed by atoms with Gasteiger partial charge in [0.15, 0.2) is 16.6 Å². The molecule has 1 aromatic heterocycles. The molecule has 172 valence electrons. The highest BCUT2D eigenvalue weighted by Crippen LogP contribution is 2.38. The molecular weight excluding hydrogens is 428 g/mol. The van der Waals surface area contributed by atoms with E-state index in [0.29, 0.717) is 34.7 Å². The molecular formula is C23H30N4O4S. The molecule has 0 aliphatic heterocycles. The molecule has 2 rings (SSSR count). The zero-order valence-corrected chi connectivity index (χ0v) is 19.8. The monoisotopic (exact) mass is 458 g/mol. The molecule has 2 aromatic rings. The quantitative estimate of drug-likeness (QED) is 0.283. The predicted molar refractivity (Wildman–Crippen MR) is 130 cm³/mol. The van der Waals surface area contributed by atoms with Crippen molar-refractivity contribution in [2.24, 2.45) is 5.92 Å². The van der Waals surface area contributed by atoms with Crippen LogP contribution >= 0.6 is 12.2 Å². The molecule has 1 aromatic carbocycles. The van der Waals surface area contributed by atoms with E-state index >= 15 is 0 Å². The van der Waals surface area contributed by atoms with Gasteiger partial charge in [0.05, 0.1) is 33.2 Å². The van der Waals surface area contributed by atoms with Gasteiger partial charge in [0.1, 0.15) is 6.17 Å². The van der Waals surface area contributed by atoms with Gasteiger partial charge in [-0.05, 0) is 60.5 Å². The number of rotatable bonds is 10. The van der Waals surface area contributed by atoms with E-state index < -0.39 is 0 Å². The maximum Gasteiger partial charge on any atom is 0.245 e. The number of pyridine rings is 1. The summed E-state index contributed by atoms with van der Waals surface area (Å²) in [4.78, 5) is 16.6. The standard InChI is InChI=1S/C23H30N4O4S/c1-15(2)11-20(27-23(32)25-17-7-6-10-24-14-17)26-21(28)9-8-16-12-18(29-3)22(31-5)19(13-16)30-4/h6-10,12-15,20H,11H2,1-5H3,(H,26,28)(H2,25,27,32)/b9-8+. The second kappa shape index (κ2) is 12.5. The van der Waals surface area contributed by atoms with E-state index in [1.807, 2.05) is 12.1 Å². The fourth-order valence-electron chi connectivity index (χ4n) is 2.98. The Morgan fingerprint density at radius 1 is 1.12 bits per heavy atom. The Hall–Kier alpha value is -3.33. The zero-order chi connectivity index (χ0) is 23.5. The van der Waals surface area contributed by atoms with Crippen LogP contribution in [0.15, 0.2) is 42.7 Å². The van der Waals surface area contributed by atoms with E-state index in [1.165, 1.54) is 6.08 Å². The number of nitrogens with one attached hydrogen (secondary N) is 3. The molecule has 3 N–H and O–H groups in total. The van der Waals surface area contributed by atoms with Crippen LogP contribution in [0.4, 0.5) is 5.69 Å². The van der Waals surface area contributed by atoms with Crippen LogP contribution in [0.5, 0.6) is 17.2 Å². The molecule has 1 heterocycles. The number of hydrogen-bond acceptors (Lipinski definition) is 6. The molecule has 1 amide bonds. The number of benzene rings is 1. The molecule has 9 heteroatoms. The van der Waals surface area contributed by atoms with Crippen molar-refractivity contribution in [1.82, 2.24) is 15.6 Å². The summed E-state index contributed by atoms with van der Waals surface area (Å²) < 4.78 is 16.0. The van der Waals surface area contributed by atoms with Crippen LogP contribution in [-0.2, 0) is 4.79 Å². The minimum absolute atomic E-state index is 0.263. The number of carbonyl (C=O) groups excluding carboxylic acids is 1. The Morgan fingerprint density at radius 2 is 1.81 bits per heavy atom. The minimum atomic E-state index is -0.344. The highest BCUT2D eigenvalue weighted by molar-refractivity contribution is 7.80. The molecule has 1 unspecified atom stereocenters. The van der Waals surface area contributed by atoms with Crippen molar-refractivity contribution in [3.05, 3.63) is 48.3 Å². The summed E-state index contributed by atoms with van der Waals surface area (Å²) in [6.07, 6.45) is 6.84. The van der Waals surface area contributed by atoms with Crippen molar-refractivity contribution < 1.29 is 19.0 Å². The molecule has 32 heavy (non-hydrogen) atoms. The molecule has 0 saturated carbocycles. The maximum atomic E-state index is 12.6. The number of methoxy groups -OCH3 is 3. The molecule has 8 nitrogen and oxygen atoms in total. The van der Waals surface area contributed by atoms with Gasteiger partial charge in [-0.3, -0.25) is 9.78 Å². The average molecular weight is 459 g/mol. The number of carbonyl (C=O) groups is 1. The number of ether oxygens (including phenoxy) is 3. The summed E-state index contributed by atoms with van der Waals surface area (Å²) in [5.41, 5.74) is 1.50. The summed E-state index contributed by atoms with van der Waals surface area (Å²) in [6.45, 7) is 4.15. The van der Waals surface area contributed by atoms with Gasteiger partial charge < -0.3 is 30.2 Å². The number of nitrogens with zero attached hydrogens (tertiary/aromatic N) is 1. The lowest BCUT2D eigenvalue weighted by Crippen LogP contribution is -2.49. The van der Waals surface area contributed by atoms with Gasteiger partial charge in [-0.1, -0.05) is 13.8 Å². The summed E-state index contributed by atoms with van der Waals surface area (Å²) in [6, 6.07) is 7.20. The van der Waals surface area contributed by atoms with Gasteiger partial charge in [-0.25, -0.2) is 0 Å². The van der Waals surface area contributed by atoms with Crippen molar-refractivity contribution in [2.75, 3.05) is 26.6 Å². The second-order valence-corrected chi connectivity index (χ2v) is 7.73. The first-order chi connectivity index (χ1) is 15.4. The normalized spacial score (nSPS) is 11.7. The Balaban J connectivity index is 2.06. The van der Waals surface area contributed by atoms with Crippen LogP contribution in [-0.4, -0.2) is 43.5 Å². The van der Waals surface area contributed by atoms with E-state index in [1.54, 1.807) is 51.9 Å². The third kappa shape index (κ3) is 7.73. The average Bonchev–Trinajstić information content (AvgIpc) is 2.76. The summed E-state index contributed by atoms with van der Waals surface area (Å²) in [7, 11) is 4.63. The highest BCUT2D eigenvalue weighted by Gasteiger charge is 2.15. The summed E-state index contributed by atoms with van der Waals surface area (Å²) in [5, 5.41) is 9.56. The molecule has 1 atom stereocenters. The van der Waals surface area contributed by atoms with Gasteiger partial charge in [0.25, 0.3) is 0 Å². The predicted octanol–water partition coefficient (Wildman–Crippen LogP) is 3.60. The second-order valence-electron chi connectivity index (χ2n) is 7.32. The van der Waals surface area contributed by atoms with Crippen LogP contribution < -0.4 is 30.2 Å². The summed E-state index contributed by atoms with van der Waals surface area (Å²) >= 11 is 5.38. The summed E-state index contributed by atoms with van der Waals surface area (Å²) in [5.74, 6) is 1.60. The van der Waals surface area contributed by atoms with Gasteiger partial charge in [0.2, 0.25) is 11.7 Å². The number of amides is 1. The van der Waals surface area contributed by atoms with Crippen molar-refractivity contribution in [3.8, 4) is 17.2 Å². The Kier molecular flexibility index (Phi) is 9.75. The lowest BCUT2D eigenvalue weighted by Gasteiger charge is -2.23. The van der Waals surface area contributed by atoms with Crippen LogP contribution in [0.3, 0.4) is 0 Å². The topological polar surface area (TPSA) is 93.7 Å². The van der Waals surface area contributed by atoms with E-state index in [9.17, 15) is 4.79 Å². The molecule has 0 fully saturated rings. The lowest BCUT2D eigenvalue weighted by molar-refractivity contribution is -0.117. The fraction of sp³-hybridized carbons (Fsp3) is 0.348. The number of anilines is 1. The molecule has 0 bridgehead atoms. The highest BCUT2D eigenvalue weighted by atomic mass is 32.1. The van der Waals surface area contributed by atoms with Gasteiger partial charge >= 0.3 is 0 Å². The third-order valence-electron chi connectivity index (χ3n) is 4.36. The molecule has 0 aliphatic carbocycles. The van der Waals surface area contributed by atoms with Gasteiger partial charge in [-0.2, -0.15) is 0 Å². The van der Waals surface area contributed by atoms with Crippen LogP contribution in [0.25, 0.3) is 6.08 Å². The van der Waals surface area contributed by atoms with Crippen molar-refractivity contribution in [1.29, 1.82) is 0 Å². The van der Waals surface area contributed by atoms with E-state index in [-0.39, 0.29) is 12.1 Å². The van der Waals surface area contributed by atoms with E-state index in [2.05, 4.69) is 34.8 Å². The molecule has 0 radical (unpaired) electrons. The smallest absolute Gasteiger partial charge is 0.245 e. The van der Waals surface area contributed by atoms with E-state index in [4.69, 9.17) is 26.4 Å². The van der Waals surface area contributed by atoms with E-state index in [0.717, 1.165) is 11.3 Å². The lowest BCUT2D eigenvalue weighted by atomic mass is 10.1. The van der Waals surface area contributed by atoms with Crippen molar-refractivity contribution >= 4 is 35.0 Å². The Bertz CT molecular complexity index is 910. The van der Waals surface area contributed by atoms with Crippen molar-refractivity contribution in [3.63, 3.8) is 0 Å². The molecule has 0 saturated heterocycles. The fourth-order valence-corrected chi connectivity index (χ4v) is 3.24. The number of aromatic nitrogens is 1. The SMILES string of the molecule is COc1cc(/C=C/C(=O)NC(CC(C)C)NC(=S)Nc2cccnc2)cc(OC)c1OC. The van der Waals surface area contributed by atoms with Gasteiger partial charge in [0, 0.05) is 12.3 Å². The first-order valence-corrected chi connectivity index (χ1v) is 10.5. The Morgan fingerprint density at radius 3 is 2.34 bits per heavy atom. The Labute approximate surface area is 194 Å². The van der Waals surface area contributed by atoms with Crippen molar-refractivity contribution in [2.45, 2.75) is 26.4 Å². The molecule has 0 spiro atoms. The van der Waals surface area contributed by atoms with Crippen LogP contribution in [0.2, 0.25) is 0 Å². The maximum absolute atomic E-state index is 12.6. The first-order valence-electron chi connectivity index (χ1n) is 10.1.